The maximum absolute atomic E-state index is 11.7. The Labute approximate surface area is 120 Å². The van der Waals surface area contributed by atoms with E-state index >= 15 is 0 Å². The fourth-order valence-electron chi connectivity index (χ4n) is 3.17. The average Bonchev–Trinajstić information content (AvgIpc) is 3.25. The summed E-state index contributed by atoms with van der Waals surface area (Å²) in [6.45, 7) is 1.12. The molecule has 2 aliphatic rings. The van der Waals surface area contributed by atoms with Gasteiger partial charge in [0.1, 0.15) is 6.61 Å². The number of rotatable bonds is 4. The van der Waals surface area contributed by atoms with E-state index in [1.807, 2.05) is 30.3 Å². The van der Waals surface area contributed by atoms with E-state index in [1.54, 1.807) is 0 Å². The first-order valence-corrected chi connectivity index (χ1v) is 7.70. The van der Waals surface area contributed by atoms with E-state index in [4.69, 9.17) is 4.74 Å². The summed E-state index contributed by atoms with van der Waals surface area (Å²) >= 11 is 0. The second-order valence-electron chi connectivity index (χ2n) is 6.39. The summed E-state index contributed by atoms with van der Waals surface area (Å²) in [5, 5.41) is 2.91. The SMILES string of the molecule is O=C(NCC1CCC2(CC1)CC2)OCc1ccccc1. The van der Waals surface area contributed by atoms with Gasteiger partial charge in [0.25, 0.3) is 0 Å². The molecule has 2 aliphatic carbocycles. The highest BCUT2D eigenvalue weighted by atomic mass is 16.5. The third-order valence-corrected chi connectivity index (χ3v) is 4.87. The molecule has 0 unspecified atom stereocenters. The molecule has 0 bridgehead atoms. The standard InChI is InChI=1S/C17H23NO2/c19-16(20-13-15-4-2-1-3-5-15)18-12-14-6-8-17(9-7-14)10-11-17/h1-5,14H,6-13H2,(H,18,19). The fourth-order valence-corrected chi connectivity index (χ4v) is 3.17. The highest BCUT2D eigenvalue weighted by Gasteiger charge is 2.44. The molecule has 1 aromatic carbocycles. The molecule has 1 N–H and O–H groups in total. The predicted molar refractivity (Wildman–Crippen MR) is 78.3 cm³/mol. The molecule has 0 radical (unpaired) electrons. The van der Waals surface area contributed by atoms with Crippen molar-refractivity contribution < 1.29 is 9.53 Å². The van der Waals surface area contributed by atoms with Crippen LogP contribution in [0.25, 0.3) is 0 Å². The molecule has 0 heterocycles. The van der Waals surface area contributed by atoms with Crippen molar-refractivity contribution in [1.82, 2.24) is 5.32 Å². The lowest BCUT2D eigenvalue weighted by molar-refractivity contribution is 0.135. The second-order valence-corrected chi connectivity index (χ2v) is 6.39. The zero-order chi connectivity index (χ0) is 13.8. The molecular formula is C17H23NO2. The molecule has 108 valence electrons. The van der Waals surface area contributed by atoms with E-state index in [0.717, 1.165) is 17.5 Å². The Balaban J connectivity index is 1.33. The van der Waals surface area contributed by atoms with Crippen LogP contribution >= 0.6 is 0 Å². The lowest BCUT2D eigenvalue weighted by Gasteiger charge is -2.28. The number of hydrogen-bond acceptors (Lipinski definition) is 2. The number of nitrogens with one attached hydrogen (secondary N) is 1. The lowest BCUT2D eigenvalue weighted by atomic mass is 9.80. The van der Waals surface area contributed by atoms with Gasteiger partial charge in [-0.3, -0.25) is 0 Å². The number of benzene rings is 1. The molecule has 1 amide bonds. The van der Waals surface area contributed by atoms with Gasteiger partial charge < -0.3 is 10.1 Å². The predicted octanol–water partition coefficient (Wildman–Crippen LogP) is 3.88. The number of carbonyl (C=O) groups excluding carboxylic acids is 1. The minimum atomic E-state index is -0.291. The molecule has 0 aliphatic heterocycles. The lowest BCUT2D eigenvalue weighted by Crippen LogP contribution is -2.31. The number of carbonyl (C=O) groups is 1. The van der Waals surface area contributed by atoms with Crippen LogP contribution in [0.4, 0.5) is 4.79 Å². The summed E-state index contributed by atoms with van der Waals surface area (Å²) in [5.41, 5.74) is 1.75. The Hall–Kier alpha value is -1.51. The molecule has 3 nitrogen and oxygen atoms in total. The Morgan fingerprint density at radius 3 is 2.50 bits per heavy atom. The van der Waals surface area contributed by atoms with E-state index < -0.39 is 0 Å². The molecule has 1 spiro atoms. The van der Waals surface area contributed by atoms with Crippen molar-refractivity contribution in [2.75, 3.05) is 6.54 Å². The minimum Gasteiger partial charge on any atom is -0.445 e. The third-order valence-electron chi connectivity index (χ3n) is 4.87. The molecule has 0 saturated heterocycles. The molecule has 3 heteroatoms. The van der Waals surface area contributed by atoms with Crippen LogP contribution < -0.4 is 5.32 Å². The summed E-state index contributed by atoms with van der Waals surface area (Å²) in [4.78, 5) is 11.7. The first-order chi connectivity index (χ1) is 9.76. The first kappa shape index (κ1) is 13.5. The highest BCUT2D eigenvalue weighted by molar-refractivity contribution is 5.67. The van der Waals surface area contributed by atoms with E-state index in [0.29, 0.717) is 12.5 Å². The van der Waals surface area contributed by atoms with Crippen LogP contribution in [0.1, 0.15) is 44.1 Å². The zero-order valence-corrected chi connectivity index (χ0v) is 11.9. The second kappa shape index (κ2) is 5.86. The molecule has 2 fully saturated rings. The molecule has 2 saturated carbocycles. The van der Waals surface area contributed by atoms with Crippen molar-refractivity contribution in [2.45, 2.75) is 45.1 Å². The van der Waals surface area contributed by atoms with Crippen LogP contribution in [0, 0.1) is 11.3 Å². The summed E-state index contributed by atoms with van der Waals surface area (Å²) in [6.07, 6.45) is 7.83. The molecule has 0 atom stereocenters. The summed E-state index contributed by atoms with van der Waals surface area (Å²) in [7, 11) is 0. The van der Waals surface area contributed by atoms with Crippen LogP contribution in [0.3, 0.4) is 0 Å². The maximum atomic E-state index is 11.7. The topological polar surface area (TPSA) is 38.3 Å². The number of alkyl carbamates (subject to hydrolysis) is 1. The van der Waals surface area contributed by atoms with Crippen molar-refractivity contribution in [3.05, 3.63) is 35.9 Å². The quantitative estimate of drug-likeness (QED) is 0.904. The minimum absolute atomic E-state index is 0.291. The molecule has 3 rings (SSSR count). The van der Waals surface area contributed by atoms with Crippen molar-refractivity contribution in [2.24, 2.45) is 11.3 Å². The van der Waals surface area contributed by atoms with Crippen molar-refractivity contribution in [1.29, 1.82) is 0 Å². The Bertz CT molecular complexity index is 443. The van der Waals surface area contributed by atoms with E-state index in [2.05, 4.69) is 5.32 Å². The van der Waals surface area contributed by atoms with Crippen LogP contribution in [0.5, 0.6) is 0 Å². The fraction of sp³-hybridized carbons (Fsp3) is 0.588. The summed E-state index contributed by atoms with van der Waals surface area (Å²) < 4.78 is 5.22. The van der Waals surface area contributed by atoms with Crippen LogP contribution in [0.2, 0.25) is 0 Å². The van der Waals surface area contributed by atoms with Gasteiger partial charge in [-0.05, 0) is 55.4 Å². The molecular weight excluding hydrogens is 250 g/mol. The van der Waals surface area contributed by atoms with Gasteiger partial charge in [-0.25, -0.2) is 4.79 Å². The van der Waals surface area contributed by atoms with Gasteiger partial charge in [0.2, 0.25) is 0 Å². The van der Waals surface area contributed by atoms with Crippen LogP contribution in [-0.4, -0.2) is 12.6 Å². The Morgan fingerprint density at radius 2 is 1.85 bits per heavy atom. The van der Waals surface area contributed by atoms with Gasteiger partial charge >= 0.3 is 6.09 Å². The Kier molecular flexibility index (Phi) is 3.95. The van der Waals surface area contributed by atoms with Crippen molar-refractivity contribution in [3.63, 3.8) is 0 Å². The number of hydrogen-bond donors (Lipinski definition) is 1. The van der Waals surface area contributed by atoms with E-state index in [1.165, 1.54) is 38.5 Å². The molecule has 20 heavy (non-hydrogen) atoms. The van der Waals surface area contributed by atoms with Gasteiger partial charge in [0, 0.05) is 6.54 Å². The highest BCUT2D eigenvalue weighted by Crippen LogP contribution is 2.56. The van der Waals surface area contributed by atoms with Crippen LogP contribution in [-0.2, 0) is 11.3 Å². The monoisotopic (exact) mass is 273 g/mol. The third kappa shape index (κ3) is 3.53. The van der Waals surface area contributed by atoms with E-state index in [-0.39, 0.29) is 6.09 Å². The van der Waals surface area contributed by atoms with Gasteiger partial charge in [0.05, 0.1) is 0 Å². The van der Waals surface area contributed by atoms with Crippen molar-refractivity contribution >= 4 is 6.09 Å². The maximum Gasteiger partial charge on any atom is 0.407 e. The number of amides is 1. The normalized spacial score (nSPS) is 20.6. The van der Waals surface area contributed by atoms with Gasteiger partial charge in [-0.2, -0.15) is 0 Å². The molecule has 1 aromatic rings. The van der Waals surface area contributed by atoms with E-state index in [9.17, 15) is 4.79 Å². The molecule has 0 aromatic heterocycles. The van der Waals surface area contributed by atoms with Crippen LogP contribution in [0.15, 0.2) is 30.3 Å². The van der Waals surface area contributed by atoms with Gasteiger partial charge in [-0.15, -0.1) is 0 Å². The first-order valence-electron chi connectivity index (χ1n) is 7.70. The van der Waals surface area contributed by atoms with Crippen molar-refractivity contribution in [3.8, 4) is 0 Å². The Morgan fingerprint density at radius 1 is 1.15 bits per heavy atom. The smallest absolute Gasteiger partial charge is 0.407 e. The van der Waals surface area contributed by atoms with Gasteiger partial charge in [-0.1, -0.05) is 30.3 Å². The summed E-state index contributed by atoms with van der Waals surface area (Å²) in [6, 6.07) is 9.78. The largest absolute Gasteiger partial charge is 0.445 e. The number of ether oxygens (including phenoxy) is 1. The summed E-state index contributed by atoms with van der Waals surface area (Å²) in [5.74, 6) is 0.644. The van der Waals surface area contributed by atoms with Gasteiger partial charge in [0.15, 0.2) is 0 Å². The zero-order valence-electron chi connectivity index (χ0n) is 11.9. The average molecular weight is 273 g/mol.